The average Bonchev–Trinajstić information content (AvgIpc) is 3.25. The predicted octanol–water partition coefficient (Wildman–Crippen LogP) is 5.12. The van der Waals surface area contributed by atoms with E-state index in [0.717, 1.165) is 81.1 Å². The van der Waals surface area contributed by atoms with Gasteiger partial charge in [0.05, 0.1) is 23.8 Å². The molecule has 0 radical (unpaired) electrons. The van der Waals surface area contributed by atoms with Crippen molar-refractivity contribution in [1.29, 1.82) is 0 Å². The number of imidazole rings is 1. The van der Waals surface area contributed by atoms with Crippen LogP contribution in [-0.4, -0.2) is 63.0 Å². The highest BCUT2D eigenvalue weighted by Crippen LogP contribution is 2.45. The van der Waals surface area contributed by atoms with Crippen LogP contribution in [0.15, 0.2) is 49.1 Å². The summed E-state index contributed by atoms with van der Waals surface area (Å²) in [6.45, 7) is 5.54. The molecule has 3 aliphatic rings. The summed E-state index contributed by atoms with van der Waals surface area (Å²) in [4.78, 5) is 27.8. The minimum Gasteiger partial charge on any atom is -0.341 e. The van der Waals surface area contributed by atoms with Crippen molar-refractivity contribution in [2.45, 2.75) is 64.0 Å². The van der Waals surface area contributed by atoms with Gasteiger partial charge in [0.15, 0.2) is 0 Å². The maximum Gasteiger partial charge on any atom is 0.239 e. The Morgan fingerprint density at radius 1 is 1.08 bits per heavy atom. The maximum atomic E-state index is 14.0. The van der Waals surface area contributed by atoms with Crippen LogP contribution in [0, 0.1) is 18.8 Å². The fraction of sp³-hybridized carbons (Fsp3) is 0.516. The van der Waals surface area contributed by atoms with E-state index < -0.39 is 0 Å². The number of likely N-dealkylation sites (N-methyl/N-ethyl adjacent to an activating group) is 1. The molecule has 1 aromatic carbocycles. The van der Waals surface area contributed by atoms with E-state index in [2.05, 4.69) is 50.8 Å². The number of hydrogen-bond donors (Lipinski definition) is 0. The second-order valence-electron chi connectivity index (χ2n) is 11.6. The number of piperidine rings is 2. The van der Waals surface area contributed by atoms with Gasteiger partial charge >= 0.3 is 0 Å². The number of hydrogen-bond acceptors (Lipinski definition) is 4. The van der Waals surface area contributed by atoms with Crippen LogP contribution < -0.4 is 0 Å². The van der Waals surface area contributed by atoms with Crippen molar-refractivity contribution in [3.8, 4) is 0 Å². The Balaban J connectivity index is 1.25. The van der Waals surface area contributed by atoms with Crippen LogP contribution in [0.5, 0.6) is 0 Å². The lowest BCUT2D eigenvalue weighted by Crippen LogP contribution is -2.54. The highest BCUT2D eigenvalue weighted by Gasteiger charge is 2.41. The van der Waals surface area contributed by atoms with E-state index in [1.165, 1.54) is 16.7 Å². The number of carbonyl (C=O) groups excluding carboxylic acids is 1. The number of aromatic nitrogens is 3. The van der Waals surface area contributed by atoms with Gasteiger partial charge in [0.1, 0.15) is 0 Å². The number of aryl methyl sites for hydroxylation is 3. The van der Waals surface area contributed by atoms with E-state index in [1.807, 2.05) is 31.6 Å². The quantitative estimate of drug-likeness (QED) is 0.469. The molecule has 1 amide bonds. The summed E-state index contributed by atoms with van der Waals surface area (Å²) in [7, 11) is 2.12. The molecule has 2 aromatic heterocycles. The van der Waals surface area contributed by atoms with Gasteiger partial charge in [-0.2, -0.15) is 0 Å². The number of amides is 1. The Labute approximate surface area is 231 Å². The van der Waals surface area contributed by atoms with Crippen molar-refractivity contribution >= 4 is 17.5 Å². The fourth-order valence-electron chi connectivity index (χ4n) is 7.15. The number of carbonyl (C=O) groups is 1. The van der Waals surface area contributed by atoms with Crippen molar-refractivity contribution < 1.29 is 4.79 Å². The molecular formula is C31H38ClN5O. The van der Waals surface area contributed by atoms with Crippen molar-refractivity contribution in [3.63, 3.8) is 0 Å². The Kier molecular flexibility index (Phi) is 7.28. The molecule has 3 aromatic rings. The van der Waals surface area contributed by atoms with Gasteiger partial charge in [-0.05, 0) is 99.7 Å². The first-order chi connectivity index (χ1) is 18.5. The average molecular weight is 532 g/mol. The minimum absolute atomic E-state index is 0.107. The van der Waals surface area contributed by atoms with Crippen LogP contribution >= 0.6 is 11.6 Å². The number of benzene rings is 1. The molecular weight excluding hydrogens is 494 g/mol. The summed E-state index contributed by atoms with van der Waals surface area (Å²) in [6.07, 6.45) is 12.0. The van der Waals surface area contributed by atoms with E-state index >= 15 is 0 Å². The van der Waals surface area contributed by atoms with Gasteiger partial charge in [0.25, 0.3) is 0 Å². The summed E-state index contributed by atoms with van der Waals surface area (Å²) in [6, 6.07) is 10.5. The molecule has 2 fully saturated rings. The van der Waals surface area contributed by atoms with Crippen molar-refractivity contribution in [2.75, 3.05) is 26.7 Å². The number of fused-ring (bicyclic) bond motifs is 2. The number of halogens is 1. The topological polar surface area (TPSA) is 54.3 Å². The molecule has 6 rings (SSSR count). The second kappa shape index (κ2) is 10.8. The van der Waals surface area contributed by atoms with Gasteiger partial charge in [0, 0.05) is 43.0 Å². The lowest BCUT2D eigenvalue weighted by molar-refractivity contribution is -0.140. The number of pyridine rings is 1. The third-order valence-corrected chi connectivity index (χ3v) is 9.40. The molecule has 38 heavy (non-hydrogen) atoms. The van der Waals surface area contributed by atoms with Gasteiger partial charge in [-0.1, -0.05) is 29.8 Å². The molecule has 0 N–H and O–H groups in total. The van der Waals surface area contributed by atoms with Crippen LogP contribution in [-0.2, 0) is 24.2 Å². The number of likely N-dealkylation sites (tertiary alicyclic amines) is 2. The highest BCUT2D eigenvalue weighted by molar-refractivity contribution is 6.31. The minimum atomic E-state index is -0.107. The van der Waals surface area contributed by atoms with Gasteiger partial charge in [-0.25, -0.2) is 4.98 Å². The zero-order valence-electron chi connectivity index (χ0n) is 22.5. The van der Waals surface area contributed by atoms with Crippen LogP contribution in [0.3, 0.4) is 0 Å². The first-order valence-electron chi connectivity index (χ1n) is 14.2. The van der Waals surface area contributed by atoms with Crippen molar-refractivity contribution in [3.05, 3.63) is 82.2 Å². The summed E-state index contributed by atoms with van der Waals surface area (Å²) < 4.78 is 2.18. The largest absolute Gasteiger partial charge is 0.341 e. The third kappa shape index (κ3) is 5.01. The van der Waals surface area contributed by atoms with E-state index in [-0.39, 0.29) is 17.9 Å². The normalized spacial score (nSPS) is 25.9. The first-order valence-corrected chi connectivity index (χ1v) is 14.5. The number of rotatable bonds is 4. The highest BCUT2D eigenvalue weighted by atomic mass is 35.5. The van der Waals surface area contributed by atoms with E-state index in [9.17, 15) is 4.79 Å². The lowest BCUT2D eigenvalue weighted by atomic mass is 9.74. The molecule has 0 saturated carbocycles. The molecule has 4 atom stereocenters. The summed E-state index contributed by atoms with van der Waals surface area (Å²) >= 11 is 6.91. The summed E-state index contributed by atoms with van der Waals surface area (Å²) in [5.41, 5.74) is 6.09. The molecule has 4 heterocycles. The van der Waals surface area contributed by atoms with Crippen LogP contribution in [0.1, 0.15) is 59.7 Å². The second-order valence-corrected chi connectivity index (χ2v) is 12.0. The van der Waals surface area contributed by atoms with Crippen LogP contribution in [0.2, 0.25) is 5.02 Å². The summed E-state index contributed by atoms with van der Waals surface area (Å²) in [5.74, 6) is 1.20. The zero-order valence-corrected chi connectivity index (χ0v) is 23.3. The Morgan fingerprint density at radius 3 is 2.76 bits per heavy atom. The Morgan fingerprint density at radius 2 is 1.92 bits per heavy atom. The molecule has 7 heteroatoms. The molecule has 2 saturated heterocycles. The van der Waals surface area contributed by atoms with E-state index in [4.69, 9.17) is 16.6 Å². The molecule has 1 aliphatic carbocycles. The molecule has 0 spiro atoms. The smallest absolute Gasteiger partial charge is 0.239 e. The van der Waals surface area contributed by atoms with Crippen LogP contribution in [0.4, 0.5) is 0 Å². The zero-order chi connectivity index (χ0) is 26.2. The van der Waals surface area contributed by atoms with E-state index in [1.54, 1.807) is 0 Å². The van der Waals surface area contributed by atoms with Gasteiger partial charge in [-0.15, -0.1) is 0 Å². The Bertz CT molecular complexity index is 1300. The molecule has 2 unspecified atom stereocenters. The Hall–Kier alpha value is -2.70. The third-order valence-electron chi connectivity index (χ3n) is 9.07. The monoisotopic (exact) mass is 531 g/mol. The number of nitrogens with zero attached hydrogens (tertiary/aromatic N) is 5. The fourth-order valence-corrected chi connectivity index (χ4v) is 7.46. The maximum absolute atomic E-state index is 14.0. The van der Waals surface area contributed by atoms with Gasteiger partial charge in [-0.3, -0.25) is 14.7 Å². The lowest BCUT2D eigenvalue weighted by Gasteiger charge is -2.43. The van der Waals surface area contributed by atoms with Gasteiger partial charge < -0.3 is 9.47 Å². The summed E-state index contributed by atoms with van der Waals surface area (Å²) in [5, 5.41) is 0.835. The molecule has 200 valence electrons. The first kappa shape index (κ1) is 25.6. The van der Waals surface area contributed by atoms with Crippen molar-refractivity contribution in [1.82, 2.24) is 24.3 Å². The SMILES string of the molecule is Cc1cn(C[C@H]2CCCN(C(=O)[C@H]3CC(C4c5ncccc5CCc5cccc(Cl)c54)CCN3C)C2)cn1. The standard InChI is InChI=1S/C31H38ClN5O/c1-21-17-36(20-34-21)18-22-6-5-14-37(19-22)31(38)27-16-25(12-15-35(27)2)29-28-23(7-3-9-26(28)32)10-11-24-8-4-13-33-30(24)29/h3-4,7-9,13,17,20,22,25,27,29H,5-6,10-12,14-16,18-19H2,1-2H3/t22-,25?,27-,29?/m1/s1. The van der Waals surface area contributed by atoms with Gasteiger partial charge in [0.2, 0.25) is 5.91 Å². The molecule has 6 nitrogen and oxygen atoms in total. The van der Waals surface area contributed by atoms with Crippen molar-refractivity contribution in [2.24, 2.45) is 11.8 Å². The molecule has 0 bridgehead atoms. The predicted molar refractivity (Wildman–Crippen MR) is 150 cm³/mol. The van der Waals surface area contributed by atoms with Crippen LogP contribution in [0.25, 0.3) is 0 Å². The van der Waals surface area contributed by atoms with E-state index in [0.29, 0.717) is 11.8 Å². The molecule has 2 aliphatic heterocycles.